The minimum Gasteiger partial charge on any atom is -0.379 e. The fourth-order valence-electron chi connectivity index (χ4n) is 1.77. The Morgan fingerprint density at radius 1 is 1.57 bits per heavy atom. The number of halogens is 1. The molecule has 0 spiro atoms. The molecule has 5 nitrogen and oxygen atoms in total. The first-order valence-electron chi connectivity index (χ1n) is 6.89. The molecule has 0 heterocycles. The van der Waals surface area contributed by atoms with Gasteiger partial charge in [-0.1, -0.05) is 0 Å². The molecule has 0 aromatic heterocycles. The average Bonchev–Trinajstić information content (AvgIpc) is 3.29. The first kappa shape index (κ1) is 15.3. The lowest BCUT2D eigenvalue weighted by Gasteiger charge is -2.18. The van der Waals surface area contributed by atoms with Crippen molar-refractivity contribution in [2.24, 2.45) is 5.92 Å². The van der Waals surface area contributed by atoms with Crippen LogP contribution in [0.1, 0.15) is 18.4 Å². The molecule has 0 radical (unpaired) electrons. The summed E-state index contributed by atoms with van der Waals surface area (Å²) in [5, 5.41) is 11.5. The second-order valence-corrected chi connectivity index (χ2v) is 5.17. The van der Waals surface area contributed by atoms with E-state index < -0.39 is 5.82 Å². The molecule has 112 valence electrons. The summed E-state index contributed by atoms with van der Waals surface area (Å²) in [6, 6.07) is 5.17. The lowest BCUT2D eigenvalue weighted by atomic mass is 10.2. The summed E-state index contributed by atoms with van der Waals surface area (Å²) in [6.07, 6.45) is 2.47. The van der Waals surface area contributed by atoms with Crippen LogP contribution in [0.5, 0.6) is 0 Å². The van der Waals surface area contributed by atoms with Crippen LogP contribution in [-0.4, -0.2) is 37.7 Å². The van der Waals surface area contributed by atoms with Gasteiger partial charge in [-0.2, -0.15) is 5.26 Å². The topological polar surface area (TPSA) is 65.4 Å². The summed E-state index contributed by atoms with van der Waals surface area (Å²) in [5.41, 5.74) is 0.399. The Labute approximate surface area is 123 Å². The fraction of sp³-hybridized carbons (Fsp3) is 0.467. The highest BCUT2D eigenvalue weighted by Gasteiger charge is 2.21. The smallest absolute Gasteiger partial charge is 0.321 e. The molecule has 0 bridgehead atoms. The van der Waals surface area contributed by atoms with Gasteiger partial charge in [0.05, 0.1) is 17.9 Å². The van der Waals surface area contributed by atoms with E-state index in [1.54, 1.807) is 7.05 Å². The van der Waals surface area contributed by atoms with Gasteiger partial charge in [0.25, 0.3) is 0 Å². The average molecular weight is 291 g/mol. The second-order valence-electron chi connectivity index (χ2n) is 5.17. The van der Waals surface area contributed by atoms with Gasteiger partial charge in [-0.25, -0.2) is 9.18 Å². The van der Waals surface area contributed by atoms with Crippen molar-refractivity contribution in [3.8, 4) is 6.07 Å². The summed E-state index contributed by atoms with van der Waals surface area (Å²) in [5.74, 6) is 0.188. The van der Waals surface area contributed by atoms with E-state index in [2.05, 4.69) is 5.32 Å². The zero-order valence-electron chi connectivity index (χ0n) is 11.9. The van der Waals surface area contributed by atoms with Gasteiger partial charge in [-0.05, 0) is 37.0 Å². The molecule has 1 aromatic carbocycles. The van der Waals surface area contributed by atoms with Gasteiger partial charge in [0.15, 0.2) is 0 Å². The number of ether oxygens (including phenoxy) is 1. The predicted molar refractivity (Wildman–Crippen MR) is 76.3 cm³/mol. The molecule has 2 amide bonds. The van der Waals surface area contributed by atoms with Crippen LogP contribution in [0.4, 0.5) is 14.9 Å². The molecule has 0 atom stereocenters. The lowest BCUT2D eigenvalue weighted by Crippen LogP contribution is -2.34. The Kier molecular flexibility index (Phi) is 5.12. The van der Waals surface area contributed by atoms with Gasteiger partial charge in [0, 0.05) is 20.2 Å². The van der Waals surface area contributed by atoms with E-state index in [0.717, 1.165) is 12.7 Å². The summed E-state index contributed by atoms with van der Waals surface area (Å²) in [6.45, 7) is 1.70. The number of carbonyl (C=O) groups excluding carboxylic acids is 1. The minimum absolute atomic E-state index is 0.0988. The van der Waals surface area contributed by atoms with Crippen molar-refractivity contribution in [2.75, 3.05) is 32.1 Å². The van der Waals surface area contributed by atoms with Crippen molar-refractivity contribution in [3.63, 3.8) is 0 Å². The van der Waals surface area contributed by atoms with Crippen molar-refractivity contribution < 1.29 is 13.9 Å². The highest BCUT2D eigenvalue weighted by Crippen LogP contribution is 2.28. The summed E-state index contributed by atoms with van der Waals surface area (Å²) >= 11 is 0. The number of nitrogens with zero attached hydrogens (tertiary/aromatic N) is 2. The Balaban J connectivity index is 1.80. The molecule has 21 heavy (non-hydrogen) atoms. The van der Waals surface area contributed by atoms with Crippen molar-refractivity contribution in [1.82, 2.24) is 4.90 Å². The SMILES string of the molecule is CN(CCOCC1CC1)C(=O)Nc1ccc(F)cc1C#N. The number of benzene rings is 1. The van der Waals surface area contributed by atoms with Gasteiger partial charge >= 0.3 is 6.03 Å². The van der Waals surface area contributed by atoms with Crippen LogP contribution in [0.3, 0.4) is 0 Å². The molecule has 0 saturated heterocycles. The minimum atomic E-state index is -0.508. The molecule has 1 aliphatic rings. The number of urea groups is 1. The normalized spacial score (nSPS) is 13.6. The molecule has 1 aromatic rings. The van der Waals surface area contributed by atoms with Gasteiger partial charge in [0.1, 0.15) is 11.9 Å². The van der Waals surface area contributed by atoms with Crippen molar-refractivity contribution in [2.45, 2.75) is 12.8 Å². The van der Waals surface area contributed by atoms with E-state index >= 15 is 0 Å². The highest BCUT2D eigenvalue weighted by molar-refractivity contribution is 5.90. The first-order chi connectivity index (χ1) is 10.1. The van der Waals surface area contributed by atoms with Crippen LogP contribution in [0, 0.1) is 23.1 Å². The highest BCUT2D eigenvalue weighted by atomic mass is 19.1. The zero-order valence-corrected chi connectivity index (χ0v) is 11.9. The molecule has 1 N–H and O–H groups in total. The van der Waals surface area contributed by atoms with Crippen LogP contribution in [0.25, 0.3) is 0 Å². The Morgan fingerprint density at radius 3 is 3.00 bits per heavy atom. The summed E-state index contributed by atoms with van der Waals surface area (Å²) in [7, 11) is 1.64. The number of nitrogens with one attached hydrogen (secondary N) is 1. The standard InChI is InChI=1S/C15H18FN3O2/c1-19(6-7-21-10-11-2-3-11)15(20)18-14-5-4-13(16)8-12(14)9-17/h4-5,8,11H,2-3,6-7,10H2,1H3,(H,18,20). The van der Waals surface area contributed by atoms with Gasteiger partial charge in [0.2, 0.25) is 0 Å². The number of hydrogen-bond acceptors (Lipinski definition) is 3. The van der Waals surface area contributed by atoms with Gasteiger partial charge < -0.3 is 15.0 Å². The number of likely N-dealkylation sites (N-methyl/N-ethyl adjacent to an activating group) is 1. The number of hydrogen-bond donors (Lipinski definition) is 1. The third-order valence-electron chi connectivity index (χ3n) is 3.31. The molecule has 0 aliphatic heterocycles. The van der Waals surface area contributed by atoms with E-state index in [-0.39, 0.29) is 11.6 Å². The van der Waals surface area contributed by atoms with E-state index in [0.29, 0.717) is 24.8 Å². The van der Waals surface area contributed by atoms with Crippen LogP contribution in [0.15, 0.2) is 18.2 Å². The third kappa shape index (κ3) is 4.72. The molecular weight excluding hydrogens is 273 g/mol. The number of anilines is 1. The number of carbonyl (C=O) groups is 1. The van der Waals surface area contributed by atoms with Crippen molar-refractivity contribution in [1.29, 1.82) is 5.26 Å². The molecule has 2 rings (SSSR count). The molecule has 1 saturated carbocycles. The van der Waals surface area contributed by atoms with Crippen LogP contribution < -0.4 is 5.32 Å². The zero-order chi connectivity index (χ0) is 15.2. The van der Waals surface area contributed by atoms with E-state index in [1.165, 1.54) is 29.9 Å². The number of amides is 2. The van der Waals surface area contributed by atoms with E-state index in [4.69, 9.17) is 10.00 Å². The van der Waals surface area contributed by atoms with Crippen molar-refractivity contribution in [3.05, 3.63) is 29.6 Å². The molecule has 6 heteroatoms. The van der Waals surface area contributed by atoms with Gasteiger partial charge in [-0.3, -0.25) is 0 Å². The van der Waals surface area contributed by atoms with Crippen LogP contribution in [0.2, 0.25) is 0 Å². The fourth-order valence-corrected chi connectivity index (χ4v) is 1.77. The van der Waals surface area contributed by atoms with Crippen LogP contribution in [-0.2, 0) is 4.74 Å². The summed E-state index contributed by atoms with van der Waals surface area (Å²) < 4.78 is 18.5. The maximum atomic E-state index is 13.0. The Morgan fingerprint density at radius 2 is 2.33 bits per heavy atom. The second kappa shape index (κ2) is 7.04. The summed E-state index contributed by atoms with van der Waals surface area (Å²) in [4.78, 5) is 13.4. The van der Waals surface area contributed by atoms with Crippen LogP contribution >= 0.6 is 0 Å². The number of rotatable bonds is 6. The molecular formula is C15H18FN3O2. The monoisotopic (exact) mass is 291 g/mol. The van der Waals surface area contributed by atoms with E-state index in [1.807, 2.05) is 6.07 Å². The predicted octanol–water partition coefficient (Wildman–Crippen LogP) is 2.59. The molecule has 1 fully saturated rings. The van der Waals surface area contributed by atoms with Gasteiger partial charge in [-0.15, -0.1) is 0 Å². The van der Waals surface area contributed by atoms with Crippen molar-refractivity contribution >= 4 is 11.7 Å². The first-order valence-corrected chi connectivity index (χ1v) is 6.89. The number of nitriles is 1. The lowest BCUT2D eigenvalue weighted by molar-refractivity contribution is 0.109. The Hall–Kier alpha value is -2.13. The maximum Gasteiger partial charge on any atom is 0.321 e. The largest absolute Gasteiger partial charge is 0.379 e. The molecule has 1 aliphatic carbocycles. The quantitative estimate of drug-likeness (QED) is 0.819. The Bertz CT molecular complexity index is 552. The molecule has 0 unspecified atom stereocenters. The van der Waals surface area contributed by atoms with E-state index in [9.17, 15) is 9.18 Å². The maximum absolute atomic E-state index is 13.0. The third-order valence-corrected chi connectivity index (χ3v) is 3.31.